The average Bonchev–Trinajstić information content (AvgIpc) is 2.16. The van der Waals surface area contributed by atoms with Gasteiger partial charge in [-0.1, -0.05) is 18.2 Å². The van der Waals surface area contributed by atoms with Crippen LogP contribution in [-0.2, 0) is 9.53 Å². The van der Waals surface area contributed by atoms with Crippen LogP contribution in [0.1, 0.15) is 0 Å². The van der Waals surface area contributed by atoms with Gasteiger partial charge in [-0.15, -0.1) is 0 Å². The van der Waals surface area contributed by atoms with E-state index in [4.69, 9.17) is 11.6 Å². The molecule has 0 saturated heterocycles. The van der Waals surface area contributed by atoms with Crippen LogP contribution >= 0.6 is 11.6 Å². The minimum absolute atomic E-state index is 1.23. The minimum Gasteiger partial charge on any atom is -0.392 e. The largest absolute Gasteiger partial charge is 0.473 e. The molecule has 0 fully saturated rings. The second-order valence-electron chi connectivity index (χ2n) is 2.72. The highest BCUT2D eigenvalue weighted by Gasteiger charge is 2.74. The monoisotopic (exact) mass is 288 g/mol. The molecule has 0 atom stereocenters. The van der Waals surface area contributed by atoms with Crippen molar-refractivity contribution < 1.29 is 40.3 Å². The molecule has 0 rings (SSSR count). The lowest BCUT2D eigenvalue weighted by Gasteiger charge is -2.29. The maximum atomic E-state index is 12.6. The van der Waals surface area contributed by atoms with Crippen molar-refractivity contribution in [1.29, 1.82) is 0 Å². The Hall–Kier alpha value is -0.990. The number of hydrogen-bond donors (Lipinski definition) is 0. The lowest BCUT2D eigenvalue weighted by molar-refractivity contribution is -0.385. The van der Waals surface area contributed by atoms with Gasteiger partial charge in [-0.05, 0) is 0 Å². The van der Waals surface area contributed by atoms with Crippen molar-refractivity contribution in [3.05, 3.63) is 11.6 Å². The molecule has 0 N–H and O–H groups in total. The maximum Gasteiger partial charge on any atom is 0.473 e. The van der Waals surface area contributed by atoms with Crippen LogP contribution in [0.15, 0.2) is 11.6 Å². The summed E-state index contributed by atoms with van der Waals surface area (Å²) in [7, 11) is 0. The van der Waals surface area contributed by atoms with Crippen LogP contribution in [0, 0.1) is 0 Å². The predicted octanol–water partition coefficient (Wildman–Crippen LogP) is 3.12. The number of ether oxygens (including phenoxy) is 1. The van der Waals surface area contributed by atoms with Gasteiger partial charge in [-0.2, -0.15) is 26.3 Å². The summed E-state index contributed by atoms with van der Waals surface area (Å²) in [5, 5.41) is -1.23. The van der Waals surface area contributed by atoms with Crippen molar-refractivity contribution in [1.82, 2.24) is 0 Å². The van der Waals surface area contributed by atoms with E-state index in [1.54, 1.807) is 0 Å². The number of alkyl halides is 7. The second-order valence-corrected chi connectivity index (χ2v) is 3.18. The van der Waals surface area contributed by atoms with E-state index in [0.717, 1.165) is 0 Å². The fourth-order valence-electron chi connectivity index (χ4n) is 0.533. The summed E-state index contributed by atoms with van der Waals surface area (Å²) in [6.07, 6.45) is -5.93. The van der Waals surface area contributed by atoms with Crippen LogP contribution in [0.2, 0.25) is 0 Å². The van der Waals surface area contributed by atoms with Gasteiger partial charge in [-0.25, -0.2) is 9.18 Å². The zero-order valence-corrected chi connectivity index (χ0v) is 8.51. The Morgan fingerprint density at radius 1 is 1.18 bits per heavy atom. The lowest BCUT2D eigenvalue weighted by Crippen LogP contribution is -2.57. The van der Waals surface area contributed by atoms with E-state index in [1.165, 1.54) is 0 Å². The van der Waals surface area contributed by atoms with Gasteiger partial charge in [0.15, 0.2) is 6.67 Å². The van der Waals surface area contributed by atoms with E-state index in [2.05, 4.69) is 11.3 Å². The molecule has 0 aromatic rings. The molecule has 0 aromatic heterocycles. The first-order valence-electron chi connectivity index (χ1n) is 3.66. The molecule has 0 radical (unpaired) electrons. The Morgan fingerprint density at radius 2 is 1.59 bits per heavy atom. The van der Waals surface area contributed by atoms with E-state index in [-0.39, 0.29) is 0 Å². The van der Waals surface area contributed by atoms with Crippen LogP contribution < -0.4 is 0 Å². The molecule has 0 heterocycles. The van der Waals surface area contributed by atoms with Crippen molar-refractivity contribution in [3.63, 3.8) is 0 Å². The van der Waals surface area contributed by atoms with Crippen LogP contribution in [-0.4, -0.2) is 30.6 Å². The average molecular weight is 289 g/mol. The molecule has 2 nitrogen and oxygen atoms in total. The number of esters is 1. The van der Waals surface area contributed by atoms with Gasteiger partial charge in [-0.3, -0.25) is 0 Å². The van der Waals surface area contributed by atoms with Crippen molar-refractivity contribution >= 4 is 17.6 Å². The Labute approximate surface area is 95.0 Å². The first-order valence-corrected chi connectivity index (χ1v) is 4.04. The van der Waals surface area contributed by atoms with Gasteiger partial charge in [0.1, 0.15) is 5.03 Å². The predicted molar refractivity (Wildman–Crippen MR) is 41.9 cm³/mol. The third-order valence-electron chi connectivity index (χ3n) is 1.44. The molecule has 0 aromatic carbocycles. The summed E-state index contributed by atoms with van der Waals surface area (Å²) in [6.45, 7) is -0.506. The van der Waals surface area contributed by atoms with E-state index in [9.17, 15) is 35.5 Å². The lowest BCUT2D eigenvalue weighted by atomic mass is 10.1. The van der Waals surface area contributed by atoms with Crippen LogP contribution in [0.4, 0.5) is 30.7 Å². The van der Waals surface area contributed by atoms with Crippen molar-refractivity contribution in [2.24, 2.45) is 0 Å². The quantitative estimate of drug-likeness (QED) is 0.441. The summed E-state index contributed by atoms with van der Waals surface area (Å²) >= 11 is 4.72. The molecule has 100 valence electrons. The van der Waals surface area contributed by atoms with Gasteiger partial charge >= 0.3 is 23.9 Å². The molecule has 0 unspecified atom stereocenters. The van der Waals surface area contributed by atoms with Gasteiger partial charge in [0.05, 0.1) is 0 Å². The summed E-state index contributed by atoms with van der Waals surface area (Å²) in [5.41, 5.74) is 0. The molecular weight excluding hydrogens is 285 g/mol. The zero-order chi connectivity index (χ0) is 14.1. The third-order valence-corrected chi connectivity index (χ3v) is 1.59. The normalized spacial score (nSPS) is 13.4. The number of carbonyl (C=O) groups is 1. The fraction of sp³-hybridized carbons (Fsp3) is 0.571. The molecule has 0 amide bonds. The summed E-state index contributed by atoms with van der Waals surface area (Å²) < 4.78 is 88.9. The zero-order valence-electron chi connectivity index (χ0n) is 7.75. The summed E-state index contributed by atoms with van der Waals surface area (Å²) in [5.74, 6) is -14.2. The fourth-order valence-corrected chi connectivity index (χ4v) is 0.571. The van der Waals surface area contributed by atoms with E-state index in [1.807, 2.05) is 0 Å². The molecule has 10 heteroatoms. The van der Waals surface area contributed by atoms with Crippen molar-refractivity contribution in [2.75, 3.05) is 6.67 Å². The second kappa shape index (κ2) is 4.71. The standard InChI is InChI=1S/C7H4ClF7O2/c1-3(8)4(16)17-7(14,15)6(12,13)5(10,11)2-9/h1-2H2. The third kappa shape index (κ3) is 3.02. The molecular formula is C7H4ClF7O2. The van der Waals surface area contributed by atoms with E-state index >= 15 is 0 Å². The first-order chi connectivity index (χ1) is 7.39. The smallest absolute Gasteiger partial charge is 0.392 e. The van der Waals surface area contributed by atoms with Gasteiger partial charge < -0.3 is 4.74 Å². The topological polar surface area (TPSA) is 26.3 Å². The number of carbonyl (C=O) groups excluding carboxylic acids is 1. The van der Waals surface area contributed by atoms with E-state index in [0.29, 0.717) is 0 Å². The number of halogens is 8. The van der Waals surface area contributed by atoms with Crippen molar-refractivity contribution in [3.8, 4) is 0 Å². The Bertz CT molecular complexity index is 328. The first kappa shape index (κ1) is 16.0. The minimum atomic E-state index is -6.23. The molecule has 0 aliphatic carbocycles. The highest BCUT2D eigenvalue weighted by molar-refractivity contribution is 6.40. The van der Waals surface area contributed by atoms with Crippen LogP contribution in [0.5, 0.6) is 0 Å². The van der Waals surface area contributed by atoms with Crippen LogP contribution in [0.3, 0.4) is 0 Å². The molecule has 0 aliphatic rings. The molecule has 0 bridgehead atoms. The molecule has 17 heavy (non-hydrogen) atoms. The Morgan fingerprint density at radius 3 is 1.88 bits per heavy atom. The summed E-state index contributed by atoms with van der Waals surface area (Å²) in [4.78, 5) is 10.4. The highest BCUT2D eigenvalue weighted by atomic mass is 35.5. The molecule has 0 spiro atoms. The Balaban J connectivity index is 5.17. The molecule has 0 aliphatic heterocycles. The number of hydrogen-bond acceptors (Lipinski definition) is 2. The van der Waals surface area contributed by atoms with Gasteiger partial charge in [0.25, 0.3) is 0 Å². The van der Waals surface area contributed by atoms with Gasteiger partial charge in [0, 0.05) is 0 Å². The number of rotatable bonds is 5. The van der Waals surface area contributed by atoms with Crippen LogP contribution in [0.25, 0.3) is 0 Å². The summed E-state index contributed by atoms with van der Waals surface area (Å²) in [6, 6.07) is 0. The SMILES string of the molecule is C=C(Cl)C(=O)OC(F)(F)C(F)(F)C(F)(F)CF. The van der Waals surface area contributed by atoms with Crippen molar-refractivity contribution in [2.45, 2.75) is 18.0 Å². The van der Waals surface area contributed by atoms with Gasteiger partial charge in [0.2, 0.25) is 0 Å². The maximum absolute atomic E-state index is 12.6. The highest BCUT2D eigenvalue weighted by Crippen LogP contribution is 2.46. The Kier molecular flexibility index (Phi) is 4.44. The molecule has 0 saturated carbocycles. The van der Waals surface area contributed by atoms with E-state index < -0.39 is 35.6 Å².